The predicted molar refractivity (Wildman–Crippen MR) is 101 cm³/mol. The minimum absolute atomic E-state index is 0.154. The lowest BCUT2D eigenvalue weighted by Gasteiger charge is -2.25. The molecule has 3 N–H and O–H groups in total. The Bertz CT molecular complexity index is 481. The maximum absolute atomic E-state index is 11.2. The van der Waals surface area contributed by atoms with Gasteiger partial charge in [0, 0.05) is 19.9 Å². The second-order valence-corrected chi connectivity index (χ2v) is 11.1. The van der Waals surface area contributed by atoms with Gasteiger partial charge >= 0.3 is 15.4 Å². The molecule has 0 bridgehead atoms. The van der Waals surface area contributed by atoms with Crippen LogP contribution in [0.1, 0.15) is 66.2 Å². The summed E-state index contributed by atoms with van der Waals surface area (Å²) in [5.74, 6) is 0. The molecule has 0 aromatic heterocycles. The number of hydrogen-bond donors (Lipinski definition) is 3. The van der Waals surface area contributed by atoms with Crippen molar-refractivity contribution < 1.29 is 37.6 Å². The molecule has 0 amide bonds. The third-order valence-electron chi connectivity index (χ3n) is 3.77. The first-order valence-electron chi connectivity index (χ1n) is 8.91. The monoisotopic (exact) mass is 418 g/mol. The zero-order chi connectivity index (χ0) is 20.5. The van der Waals surface area contributed by atoms with E-state index in [0.29, 0.717) is 19.6 Å². The average molecular weight is 418 g/mol. The van der Waals surface area contributed by atoms with E-state index >= 15 is 0 Å². The normalized spacial score (nSPS) is 15.8. The van der Waals surface area contributed by atoms with Crippen LogP contribution in [0.15, 0.2) is 0 Å². The van der Waals surface area contributed by atoms with Crippen molar-refractivity contribution in [3.63, 3.8) is 0 Å². The summed E-state index contributed by atoms with van der Waals surface area (Å²) in [6.07, 6.45) is 4.83. The van der Waals surface area contributed by atoms with E-state index in [4.69, 9.17) is 28.5 Å². The predicted octanol–water partition coefficient (Wildman–Crippen LogP) is 4.09. The largest absolute Gasteiger partial charge is 0.470 e. The van der Waals surface area contributed by atoms with Gasteiger partial charge in [-0.05, 0) is 51.4 Å². The highest BCUT2D eigenvalue weighted by atomic mass is 31.2. The second-order valence-electron chi connectivity index (χ2n) is 8.11. The van der Waals surface area contributed by atoms with E-state index in [1.807, 2.05) is 13.8 Å². The Morgan fingerprint density at radius 2 is 1.35 bits per heavy atom. The molecule has 1 atom stereocenters. The van der Waals surface area contributed by atoms with Crippen LogP contribution in [0.3, 0.4) is 0 Å². The molecule has 0 aliphatic rings. The molecule has 0 rings (SSSR count). The summed E-state index contributed by atoms with van der Waals surface area (Å²) in [7, 11) is -7.88. The lowest BCUT2D eigenvalue weighted by atomic mass is 9.88. The van der Waals surface area contributed by atoms with E-state index in [1.165, 1.54) is 6.66 Å². The molecule has 1 unspecified atom stereocenters. The molecule has 0 aromatic rings. The van der Waals surface area contributed by atoms with Crippen molar-refractivity contribution in [3.8, 4) is 0 Å². The van der Waals surface area contributed by atoms with Crippen LogP contribution in [0.25, 0.3) is 0 Å². The Morgan fingerprint density at radius 3 is 1.81 bits per heavy atom. The molecule has 0 aliphatic heterocycles. The topological polar surface area (TPSA) is 123 Å². The summed E-state index contributed by atoms with van der Waals surface area (Å²) in [6, 6.07) is 0. The number of phosphoric ester groups is 1. The fourth-order valence-corrected chi connectivity index (χ4v) is 3.72. The number of rotatable bonds is 15. The average Bonchev–Trinajstić information content (AvgIpc) is 2.40. The van der Waals surface area contributed by atoms with Gasteiger partial charge in [0.05, 0.1) is 12.2 Å². The minimum Gasteiger partial charge on any atom is -0.381 e. The van der Waals surface area contributed by atoms with Crippen LogP contribution < -0.4 is 0 Å². The second kappa shape index (κ2) is 11.3. The third kappa shape index (κ3) is 17.6. The standard InChI is InChI=1S/C16H36O8P2/c1-15(2,14-23-25(5,17)18)10-6-8-12-22-13-9-7-11-16(3,4)24-26(19,20)21/h6-14H2,1-5H3,(H,17,18)(H2,19,20,21). The third-order valence-corrected chi connectivity index (χ3v) is 5.11. The number of unbranched alkanes of at least 4 members (excludes halogenated alkanes) is 2. The van der Waals surface area contributed by atoms with Crippen LogP contribution >= 0.6 is 15.4 Å². The fraction of sp³-hybridized carbons (Fsp3) is 1.00. The van der Waals surface area contributed by atoms with E-state index in [-0.39, 0.29) is 12.0 Å². The summed E-state index contributed by atoms with van der Waals surface area (Å²) in [5.41, 5.74) is -1.01. The maximum atomic E-state index is 11.2. The van der Waals surface area contributed by atoms with Crippen LogP contribution in [-0.2, 0) is 22.9 Å². The van der Waals surface area contributed by atoms with Gasteiger partial charge in [-0.2, -0.15) is 0 Å². The fourth-order valence-electron chi connectivity index (χ4n) is 2.40. The molecule has 0 saturated carbocycles. The minimum atomic E-state index is -4.46. The molecule has 10 heteroatoms. The Kier molecular flexibility index (Phi) is 11.4. The molecule has 0 aliphatic carbocycles. The van der Waals surface area contributed by atoms with Gasteiger partial charge in [-0.1, -0.05) is 20.3 Å². The van der Waals surface area contributed by atoms with Crippen molar-refractivity contribution in [2.24, 2.45) is 5.41 Å². The summed E-state index contributed by atoms with van der Waals surface area (Å²) in [6.45, 7) is 10.0. The summed E-state index contributed by atoms with van der Waals surface area (Å²) in [5, 5.41) is 0. The highest BCUT2D eigenvalue weighted by Gasteiger charge is 2.28. The Balaban J connectivity index is 3.68. The zero-order valence-electron chi connectivity index (χ0n) is 16.6. The molecular weight excluding hydrogens is 382 g/mol. The maximum Gasteiger partial charge on any atom is 0.470 e. The van der Waals surface area contributed by atoms with E-state index in [9.17, 15) is 9.13 Å². The molecule has 8 nitrogen and oxygen atoms in total. The molecule has 0 spiro atoms. The molecule has 158 valence electrons. The van der Waals surface area contributed by atoms with Crippen molar-refractivity contribution in [1.82, 2.24) is 0 Å². The van der Waals surface area contributed by atoms with Gasteiger partial charge in [0.2, 0.25) is 0 Å². The summed E-state index contributed by atoms with van der Waals surface area (Å²) in [4.78, 5) is 26.8. The van der Waals surface area contributed by atoms with Crippen LogP contribution in [0.2, 0.25) is 0 Å². The first-order chi connectivity index (χ1) is 11.6. The molecule has 0 aromatic carbocycles. The molecule has 0 saturated heterocycles. The molecular formula is C16H36O8P2. The lowest BCUT2D eigenvalue weighted by molar-refractivity contribution is 0.0521. The number of hydrogen-bond acceptors (Lipinski definition) is 5. The van der Waals surface area contributed by atoms with Crippen LogP contribution in [0.4, 0.5) is 0 Å². The smallest absolute Gasteiger partial charge is 0.381 e. The van der Waals surface area contributed by atoms with Crippen molar-refractivity contribution in [2.75, 3.05) is 26.5 Å². The van der Waals surface area contributed by atoms with Crippen LogP contribution in [0.5, 0.6) is 0 Å². The first-order valence-corrected chi connectivity index (χ1v) is 12.5. The van der Waals surface area contributed by atoms with Crippen molar-refractivity contribution in [1.29, 1.82) is 0 Å². The van der Waals surface area contributed by atoms with Gasteiger partial charge in [0.1, 0.15) is 0 Å². The van der Waals surface area contributed by atoms with Crippen molar-refractivity contribution in [2.45, 2.75) is 71.8 Å². The van der Waals surface area contributed by atoms with E-state index in [2.05, 4.69) is 0 Å². The lowest BCUT2D eigenvalue weighted by Crippen LogP contribution is -2.22. The van der Waals surface area contributed by atoms with Crippen LogP contribution in [-0.4, -0.2) is 46.8 Å². The molecule has 0 radical (unpaired) electrons. The van der Waals surface area contributed by atoms with Crippen LogP contribution in [0, 0.1) is 5.41 Å². The Labute approximate surface area is 157 Å². The molecule has 26 heavy (non-hydrogen) atoms. The van der Waals surface area contributed by atoms with Gasteiger partial charge in [-0.15, -0.1) is 0 Å². The van der Waals surface area contributed by atoms with Gasteiger partial charge in [0.15, 0.2) is 0 Å². The SMILES string of the molecule is CC(C)(CCCCOCCCCC(C)(C)OP(=O)(O)O)COP(C)(=O)O. The number of ether oxygens (including phenoxy) is 1. The molecule has 0 heterocycles. The van der Waals surface area contributed by atoms with Gasteiger partial charge < -0.3 is 23.9 Å². The van der Waals surface area contributed by atoms with Gasteiger partial charge in [-0.3, -0.25) is 9.09 Å². The van der Waals surface area contributed by atoms with Crippen molar-refractivity contribution >= 4 is 15.4 Å². The van der Waals surface area contributed by atoms with E-state index in [1.54, 1.807) is 13.8 Å². The van der Waals surface area contributed by atoms with Gasteiger partial charge in [0.25, 0.3) is 0 Å². The van der Waals surface area contributed by atoms with Gasteiger partial charge in [-0.25, -0.2) is 4.57 Å². The van der Waals surface area contributed by atoms with Crippen molar-refractivity contribution in [3.05, 3.63) is 0 Å². The number of phosphoric acid groups is 1. The Hall–Kier alpha value is 0.220. The summed E-state index contributed by atoms with van der Waals surface area (Å²) < 4.78 is 37.3. The first kappa shape index (κ1) is 26.2. The highest BCUT2D eigenvalue weighted by Crippen LogP contribution is 2.42. The summed E-state index contributed by atoms with van der Waals surface area (Å²) >= 11 is 0. The molecule has 0 fully saturated rings. The van der Waals surface area contributed by atoms with E-state index < -0.39 is 21.0 Å². The Morgan fingerprint density at radius 1 is 0.846 bits per heavy atom. The highest BCUT2D eigenvalue weighted by molar-refractivity contribution is 7.51. The quantitative estimate of drug-likeness (QED) is 0.268. The van der Waals surface area contributed by atoms with E-state index in [0.717, 1.165) is 32.1 Å². The zero-order valence-corrected chi connectivity index (χ0v) is 18.4.